The Morgan fingerprint density at radius 1 is 1.03 bits per heavy atom. The average molecular weight is 466 g/mol. The van der Waals surface area contributed by atoms with E-state index in [2.05, 4.69) is 56.6 Å². The highest BCUT2D eigenvalue weighted by Gasteiger charge is 2.19. The lowest BCUT2D eigenvalue weighted by molar-refractivity contribution is 0.122. The summed E-state index contributed by atoms with van der Waals surface area (Å²) >= 11 is 0. The molecule has 0 bridgehead atoms. The van der Waals surface area contributed by atoms with Crippen LogP contribution in [0.3, 0.4) is 0 Å². The molecule has 35 heavy (non-hydrogen) atoms. The van der Waals surface area contributed by atoms with Crippen molar-refractivity contribution in [3.63, 3.8) is 0 Å². The van der Waals surface area contributed by atoms with Gasteiger partial charge in [-0.2, -0.15) is 5.26 Å². The van der Waals surface area contributed by atoms with Crippen molar-refractivity contribution in [1.82, 2.24) is 15.3 Å². The zero-order chi connectivity index (χ0) is 23.6. The molecule has 2 aromatic heterocycles. The number of nitrogens with zero attached hydrogens (tertiary/aromatic N) is 3. The van der Waals surface area contributed by atoms with Crippen molar-refractivity contribution < 1.29 is 9.47 Å². The lowest BCUT2D eigenvalue weighted by Crippen LogP contribution is -2.36. The smallest absolute Gasteiger partial charge is 0.138 e. The van der Waals surface area contributed by atoms with Crippen LogP contribution in [0.1, 0.15) is 12.0 Å². The summed E-state index contributed by atoms with van der Waals surface area (Å²) in [7, 11) is 0. The first kappa shape index (κ1) is 21.7. The molecule has 0 spiro atoms. The number of ether oxygens (including phenoxy) is 2. The van der Waals surface area contributed by atoms with Gasteiger partial charge < -0.3 is 24.7 Å². The Labute approximate surface area is 204 Å². The SMILES string of the molecule is N#Cc1cc(-c2ccnc3[nH]c(-c4ccc(N5CCOCC5)cc4)cc23)ccc1OC1CCNC1. The Morgan fingerprint density at radius 2 is 1.86 bits per heavy atom. The van der Waals surface area contributed by atoms with Crippen LogP contribution in [0.25, 0.3) is 33.4 Å². The molecule has 0 saturated carbocycles. The van der Waals surface area contributed by atoms with Crippen molar-refractivity contribution in [2.75, 3.05) is 44.3 Å². The number of nitrogens with one attached hydrogen (secondary N) is 2. The number of hydrogen-bond donors (Lipinski definition) is 2. The van der Waals surface area contributed by atoms with Crippen LogP contribution in [0.4, 0.5) is 5.69 Å². The number of nitriles is 1. The van der Waals surface area contributed by atoms with Crippen LogP contribution >= 0.6 is 0 Å². The first-order valence-corrected chi connectivity index (χ1v) is 12.1. The molecular formula is C28H27N5O2. The summed E-state index contributed by atoms with van der Waals surface area (Å²) in [6.07, 6.45) is 2.87. The standard InChI is InChI=1S/C28H27N5O2/c29-17-21-15-20(3-6-27(21)35-23-7-9-30-18-23)24-8-10-31-28-25(24)16-26(32-28)19-1-4-22(5-2-19)33-11-13-34-14-12-33/h1-6,8,10,15-16,23,30H,7,9,11-14,18H2,(H,31,32). The Morgan fingerprint density at radius 3 is 2.63 bits per heavy atom. The molecule has 2 aromatic carbocycles. The molecule has 1 atom stereocenters. The number of H-pyrrole nitrogens is 1. The molecule has 4 heterocycles. The second-order valence-corrected chi connectivity index (χ2v) is 9.01. The number of morpholine rings is 1. The molecule has 4 aromatic rings. The van der Waals surface area contributed by atoms with Crippen molar-refractivity contribution in [1.29, 1.82) is 5.26 Å². The van der Waals surface area contributed by atoms with Crippen molar-refractivity contribution in [3.05, 3.63) is 66.4 Å². The third-order valence-electron chi connectivity index (χ3n) is 6.81. The highest BCUT2D eigenvalue weighted by molar-refractivity contribution is 5.96. The number of aromatic nitrogens is 2. The van der Waals surface area contributed by atoms with Crippen LogP contribution < -0.4 is 15.0 Å². The predicted octanol–water partition coefficient (Wildman–Crippen LogP) is 4.35. The molecule has 0 radical (unpaired) electrons. The van der Waals surface area contributed by atoms with Crippen LogP contribution in [0.2, 0.25) is 0 Å². The number of rotatable bonds is 5. The average Bonchev–Trinajstić information content (AvgIpc) is 3.59. The summed E-state index contributed by atoms with van der Waals surface area (Å²) in [6, 6.07) is 20.9. The summed E-state index contributed by atoms with van der Waals surface area (Å²) in [5.74, 6) is 0.644. The van der Waals surface area contributed by atoms with E-state index in [0.29, 0.717) is 11.3 Å². The highest BCUT2D eigenvalue weighted by atomic mass is 16.5. The van der Waals surface area contributed by atoms with E-state index in [9.17, 15) is 5.26 Å². The number of benzene rings is 2. The predicted molar refractivity (Wildman–Crippen MR) is 137 cm³/mol. The molecule has 2 aliphatic rings. The summed E-state index contributed by atoms with van der Waals surface area (Å²) in [6.45, 7) is 5.16. The fraction of sp³-hybridized carbons (Fsp3) is 0.286. The molecule has 2 saturated heterocycles. The zero-order valence-electron chi connectivity index (χ0n) is 19.5. The van der Waals surface area contributed by atoms with Gasteiger partial charge in [-0.15, -0.1) is 0 Å². The molecular weight excluding hydrogens is 438 g/mol. The third-order valence-corrected chi connectivity index (χ3v) is 6.81. The Kier molecular flexibility index (Phi) is 5.83. The zero-order valence-corrected chi connectivity index (χ0v) is 19.5. The monoisotopic (exact) mass is 465 g/mol. The van der Waals surface area contributed by atoms with E-state index < -0.39 is 0 Å². The van der Waals surface area contributed by atoms with Gasteiger partial charge in [0.1, 0.15) is 23.6 Å². The number of aromatic amines is 1. The van der Waals surface area contributed by atoms with Gasteiger partial charge in [-0.1, -0.05) is 18.2 Å². The minimum atomic E-state index is 0.113. The fourth-order valence-corrected chi connectivity index (χ4v) is 4.90. The maximum absolute atomic E-state index is 9.77. The van der Waals surface area contributed by atoms with E-state index in [1.54, 1.807) is 6.20 Å². The Bertz CT molecular complexity index is 1380. The number of pyridine rings is 1. The van der Waals surface area contributed by atoms with Gasteiger partial charge in [-0.05, 0) is 66.1 Å². The minimum absolute atomic E-state index is 0.113. The number of anilines is 1. The largest absolute Gasteiger partial charge is 0.488 e. The summed E-state index contributed by atoms with van der Waals surface area (Å²) in [4.78, 5) is 10.4. The molecule has 2 aliphatic heterocycles. The van der Waals surface area contributed by atoms with Crippen LogP contribution in [0.5, 0.6) is 5.75 Å². The third kappa shape index (κ3) is 4.34. The molecule has 0 aliphatic carbocycles. The molecule has 7 heteroatoms. The second-order valence-electron chi connectivity index (χ2n) is 9.01. The number of hydrogen-bond acceptors (Lipinski definition) is 6. The van der Waals surface area contributed by atoms with Crippen molar-refractivity contribution >= 4 is 16.7 Å². The maximum atomic E-state index is 9.77. The molecule has 1 unspecified atom stereocenters. The quantitative estimate of drug-likeness (QED) is 0.456. The second kappa shape index (κ2) is 9.41. The van der Waals surface area contributed by atoms with Gasteiger partial charge in [0.25, 0.3) is 0 Å². The first-order valence-electron chi connectivity index (χ1n) is 12.1. The summed E-state index contributed by atoms with van der Waals surface area (Å²) in [5.41, 5.74) is 6.72. The van der Waals surface area contributed by atoms with E-state index >= 15 is 0 Å². The van der Waals surface area contributed by atoms with Gasteiger partial charge in [0.2, 0.25) is 0 Å². The molecule has 0 amide bonds. The van der Waals surface area contributed by atoms with Crippen molar-refractivity contribution in [2.45, 2.75) is 12.5 Å². The molecule has 2 fully saturated rings. The van der Waals surface area contributed by atoms with Crippen LogP contribution in [0.15, 0.2) is 60.8 Å². The maximum Gasteiger partial charge on any atom is 0.138 e. The lowest BCUT2D eigenvalue weighted by atomic mass is 10.0. The van der Waals surface area contributed by atoms with Gasteiger partial charge >= 0.3 is 0 Å². The normalized spacial score (nSPS) is 18.0. The molecule has 6 rings (SSSR count). The Hall–Kier alpha value is -3.86. The van der Waals surface area contributed by atoms with Crippen LogP contribution in [0, 0.1) is 11.3 Å². The van der Waals surface area contributed by atoms with Crippen molar-refractivity contribution in [3.8, 4) is 34.2 Å². The topological polar surface area (TPSA) is 86.2 Å². The summed E-state index contributed by atoms with van der Waals surface area (Å²) in [5, 5.41) is 14.1. The van der Waals surface area contributed by atoms with Crippen molar-refractivity contribution in [2.24, 2.45) is 0 Å². The van der Waals surface area contributed by atoms with E-state index in [4.69, 9.17) is 9.47 Å². The highest BCUT2D eigenvalue weighted by Crippen LogP contribution is 2.34. The van der Waals surface area contributed by atoms with Gasteiger partial charge in [0.05, 0.1) is 18.8 Å². The van der Waals surface area contributed by atoms with Gasteiger partial charge in [-0.25, -0.2) is 4.98 Å². The van der Waals surface area contributed by atoms with Gasteiger partial charge in [0, 0.05) is 42.6 Å². The molecule has 2 N–H and O–H groups in total. The van der Waals surface area contributed by atoms with E-state index in [1.165, 1.54) is 5.69 Å². The lowest BCUT2D eigenvalue weighted by Gasteiger charge is -2.28. The molecule has 7 nitrogen and oxygen atoms in total. The minimum Gasteiger partial charge on any atom is -0.488 e. The van der Waals surface area contributed by atoms with Gasteiger partial charge in [0.15, 0.2) is 0 Å². The fourth-order valence-electron chi connectivity index (χ4n) is 4.90. The van der Waals surface area contributed by atoms with Gasteiger partial charge in [-0.3, -0.25) is 0 Å². The first-order chi connectivity index (χ1) is 17.3. The molecule has 176 valence electrons. The summed E-state index contributed by atoms with van der Waals surface area (Å²) < 4.78 is 11.5. The van der Waals surface area contributed by atoms with Crippen LogP contribution in [-0.4, -0.2) is 55.5 Å². The van der Waals surface area contributed by atoms with E-state index in [0.717, 1.165) is 79.2 Å². The van der Waals surface area contributed by atoms with Crippen LogP contribution in [-0.2, 0) is 4.74 Å². The van der Waals surface area contributed by atoms with E-state index in [1.807, 2.05) is 24.3 Å². The number of fused-ring (bicyclic) bond motifs is 1. The van der Waals surface area contributed by atoms with E-state index in [-0.39, 0.29) is 6.10 Å². The Balaban J connectivity index is 1.30.